The number of fused-ring (bicyclic) bond motifs is 7. The number of para-hydroxylation sites is 3. The van der Waals surface area contributed by atoms with Gasteiger partial charge in [-0.15, -0.1) is 0 Å². The van der Waals surface area contributed by atoms with Crippen LogP contribution in [0.5, 0.6) is 0 Å². The van der Waals surface area contributed by atoms with Crippen molar-refractivity contribution >= 4 is 49.8 Å². The Morgan fingerprint density at radius 2 is 1.13 bits per heavy atom. The van der Waals surface area contributed by atoms with Crippen molar-refractivity contribution < 1.29 is 14.0 Å². The van der Waals surface area contributed by atoms with E-state index in [1.807, 2.05) is 115 Å². The van der Waals surface area contributed by atoms with Crippen LogP contribution in [-0.2, 0) is 5.41 Å². The number of rotatable bonds is 6. The molecule has 55 heavy (non-hydrogen) atoms. The fraction of sp³-hybridized carbons (Fsp3) is 0.0189. The first-order valence-electron chi connectivity index (χ1n) is 21.9. The molecule has 1 aliphatic rings. The summed E-state index contributed by atoms with van der Waals surface area (Å²) in [4.78, 5) is 2.24. The second-order valence-corrected chi connectivity index (χ2v) is 13.9. The van der Waals surface area contributed by atoms with Gasteiger partial charge in [0.25, 0.3) is 0 Å². The van der Waals surface area contributed by atoms with E-state index in [2.05, 4.69) is 59.5 Å². The van der Waals surface area contributed by atoms with Crippen molar-refractivity contribution in [1.82, 2.24) is 0 Å². The molecule has 11 rings (SSSR count). The lowest BCUT2D eigenvalue weighted by Gasteiger charge is -2.35. The van der Waals surface area contributed by atoms with Gasteiger partial charge in [0.05, 0.1) is 20.7 Å². The van der Waals surface area contributed by atoms with E-state index >= 15 is 0 Å². The molecule has 2 nitrogen and oxygen atoms in total. The van der Waals surface area contributed by atoms with Gasteiger partial charge >= 0.3 is 0 Å². The Bertz CT molecular complexity index is 3450. The van der Waals surface area contributed by atoms with Crippen LogP contribution in [0, 0.1) is 0 Å². The van der Waals surface area contributed by atoms with Gasteiger partial charge in [-0.05, 0) is 92.2 Å². The average Bonchev–Trinajstić information content (AvgIpc) is 3.83. The first-order valence-corrected chi connectivity index (χ1v) is 18.4. The Hall–Kier alpha value is -7.16. The van der Waals surface area contributed by atoms with E-state index in [1.165, 1.54) is 0 Å². The third kappa shape index (κ3) is 4.75. The molecule has 0 saturated carbocycles. The molecule has 0 radical (unpaired) electrons. The zero-order valence-corrected chi connectivity index (χ0v) is 29.5. The van der Waals surface area contributed by atoms with Crippen molar-refractivity contribution in [1.29, 1.82) is 0 Å². The third-order valence-corrected chi connectivity index (χ3v) is 11.0. The lowest BCUT2D eigenvalue weighted by Crippen LogP contribution is -2.29. The number of furan rings is 1. The van der Waals surface area contributed by atoms with Gasteiger partial charge < -0.3 is 9.32 Å². The first-order chi connectivity index (χ1) is 30.2. The maximum absolute atomic E-state index is 9.83. The number of benzene rings is 9. The highest BCUT2D eigenvalue weighted by molar-refractivity contribution is 6.06. The van der Waals surface area contributed by atoms with Crippen LogP contribution >= 0.6 is 0 Å². The maximum Gasteiger partial charge on any atom is 0.135 e. The topological polar surface area (TPSA) is 16.4 Å². The van der Waals surface area contributed by atoms with Gasteiger partial charge in [0.15, 0.2) is 0 Å². The molecule has 1 atom stereocenters. The summed E-state index contributed by atoms with van der Waals surface area (Å²) < 4.78 is 70.7. The largest absolute Gasteiger partial charge is 0.456 e. The summed E-state index contributed by atoms with van der Waals surface area (Å²) >= 11 is 0. The van der Waals surface area contributed by atoms with E-state index in [0.717, 1.165) is 66.8 Å². The van der Waals surface area contributed by atoms with E-state index in [4.69, 9.17) is 9.90 Å². The van der Waals surface area contributed by atoms with Gasteiger partial charge in [-0.3, -0.25) is 0 Å². The maximum atomic E-state index is 9.83. The smallest absolute Gasteiger partial charge is 0.135 e. The zero-order chi connectivity index (χ0) is 42.4. The van der Waals surface area contributed by atoms with E-state index < -0.39 is 35.6 Å². The van der Waals surface area contributed by atoms with Crippen LogP contribution in [0.2, 0.25) is 0 Å². The molecule has 258 valence electrons. The number of nitrogens with zero attached hydrogens (tertiary/aromatic N) is 1. The van der Waals surface area contributed by atoms with Crippen LogP contribution in [0.4, 0.5) is 17.1 Å². The van der Waals surface area contributed by atoms with Crippen LogP contribution in [0.15, 0.2) is 217 Å². The number of hydrogen-bond acceptors (Lipinski definition) is 2. The summed E-state index contributed by atoms with van der Waals surface area (Å²) in [6, 6.07) is 54.0. The Morgan fingerprint density at radius 3 is 2.02 bits per heavy atom. The fourth-order valence-corrected chi connectivity index (χ4v) is 8.72. The van der Waals surface area contributed by atoms with Gasteiger partial charge in [-0.2, -0.15) is 0 Å². The molecule has 1 aliphatic carbocycles. The SMILES string of the molecule is [2H]c1c([2H])c([2H])c2c(C3(c4ccc5c(c4)oc4ccccc45)c4ccccc4-c4cc(N(c5ccccc5)c5ccccc5-c5ccccc5)ccc43)c([2H])c([2H])c([2H])c2c1[2H]. The molecular weight excluding hydrogens is 667 g/mol. The summed E-state index contributed by atoms with van der Waals surface area (Å²) in [6.07, 6.45) is 0. The molecular formula is C53H35NO. The Kier molecular flexibility index (Phi) is 5.66. The minimum absolute atomic E-state index is 0.0427. The third-order valence-electron chi connectivity index (χ3n) is 11.0. The quantitative estimate of drug-likeness (QED) is 0.171. The van der Waals surface area contributed by atoms with Crippen molar-refractivity contribution in [2.45, 2.75) is 5.41 Å². The molecule has 0 bridgehead atoms. The molecule has 2 heteroatoms. The normalized spacial score (nSPS) is 16.4. The Balaban J connectivity index is 1.28. The summed E-state index contributed by atoms with van der Waals surface area (Å²) in [5.41, 5.74) is 9.00. The molecule has 10 aromatic rings. The van der Waals surface area contributed by atoms with Crippen molar-refractivity contribution in [3.8, 4) is 22.3 Å². The van der Waals surface area contributed by atoms with Crippen molar-refractivity contribution in [2.75, 3.05) is 4.90 Å². The highest BCUT2D eigenvalue weighted by atomic mass is 16.3. The molecule has 1 aromatic heterocycles. The number of hydrogen-bond donors (Lipinski definition) is 0. The van der Waals surface area contributed by atoms with Crippen LogP contribution in [0.3, 0.4) is 0 Å². The van der Waals surface area contributed by atoms with Gasteiger partial charge in [0.1, 0.15) is 11.2 Å². The lowest BCUT2D eigenvalue weighted by molar-refractivity contribution is 0.666. The first kappa shape index (κ1) is 25.0. The van der Waals surface area contributed by atoms with Gasteiger partial charge in [0.2, 0.25) is 0 Å². The second-order valence-electron chi connectivity index (χ2n) is 13.9. The summed E-state index contributed by atoms with van der Waals surface area (Å²) in [5, 5.41) is 1.80. The lowest BCUT2D eigenvalue weighted by atomic mass is 9.66. The highest BCUT2D eigenvalue weighted by Crippen LogP contribution is 2.59. The Labute approximate surface area is 330 Å². The molecule has 0 fully saturated rings. The van der Waals surface area contributed by atoms with Crippen LogP contribution in [0.25, 0.3) is 55.0 Å². The summed E-state index contributed by atoms with van der Waals surface area (Å²) in [5.74, 6) is 0. The zero-order valence-electron chi connectivity index (χ0n) is 36.5. The molecule has 0 N–H and O–H groups in total. The van der Waals surface area contributed by atoms with E-state index in [0.29, 0.717) is 11.1 Å². The summed E-state index contributed by atoms with van der Waals surface area (Å²) in [7, 11) is 0. The minimum Gasteiger partial charge on any atom is -0.456 e. The van der Waals surface area contributed by atoms with Crippen molar-refractivity contribution in [3.05, 3.63) is 234 Å². The second kappa shape index (κ2) is 12.5. The van der Waals surface area contributed by atoms with Gasteiger partial charge in [-0.25, -0.2) is 0 Å². The van der Waals surface area contributed by atoms with Crippen molar-refractivity contribution in [3.63, 3.8) is 0 Å². The monoisotopic (exact) mass is 708 g/mol. The predicted octanol–water partition coefficient (Wildman–Crippen LogP) is 14.2. The molecule has 0 saturated heterocycles. The highest BCUT2D eigenvalue weighted by Gasteiger charge is 2.47. The van der Waals surface area contributed by atoms with E-state index in [1.54, 1.807) is 0 Å². The number of anilines is 3. The van der Waals surface area contributed by atoms with Gasteiger partial charge in [-0.1, -0.05) is 170 Å². The molecule has 9 aromatic carbocycles. The van der Waals surface area contributed by atoms with E-state index in [-0.39, 0.29) is 28.4 Å². The molecule has 0 spiro atoms. The molecule has 0 aliphatic heterocycles. The van der Waals surface area contributed by atoms with Crippen molar-refractivity contribution in [2.24, 2.45) is 0 Å². The fourth-order valence-electron chi connectivity index (χ4n) is 8.72. The van der Waals surface area contributed by atoms with Crippen LogP contribution < -0.4 is 4.90 Å². The summed E-state index contributed by atoms with van der Waals surface area (Å²) in [6.45, 7) is 0. The van der Waals surface area contributed by atoms with Gasteiger partial charge in [0, 0.05) is 27.7 Å². The van der Waals surface area contributed by atoms with E-state index in [9.17, 15) is 4.11 Å². The van der Waals surface area contributed by atoms with Crippen LogP contribution in [-0.4, -0.2) is 0 Å². The van der Waals surface area contributed by atoms with Crippen LogP contribution in [0.1, 0.15) is 31.8 Å². The molecule has 1 unspecified atom stereocenters. The standard InChI is InChI=1S/C53H35NO/c1-3-16-37(17-4-1)42-23-10-13-28-50(42)54(39-20-5-2-6-21-39)40-31-33-49-46(35-40)43-24-9-12-26-48(43)53(49,47-27-15-19-36-18-7-8-22-41(36)47)38-30-32-45-44-25-11-14-29-51(44)55-52(45)34-38/h1-35H/i7D,8D,15D,18D,19D,22D,27D. The Morgan fingerprint density at radius 1 is 0.436 bits per heavy atom. The molecule has 1 heterocycles. The average molecular weight is 709 g/mol. The molecule has 0 amide bonds. The minimum atomic E-state index is -1.41. The predicted molar refractivity (Wildman–Crippen MR) is 229 cm³/mol.